The summed E-state index contributed by atoms with van der Waals surface area (Å²) in [4.78, 5) is 34.5. The number of fused-ring (bicyclic) bond motifs is 2. The standard InChI is InChI=1S/C22H36N2O5/c1-2-3-8-13-23-20(25)14-21(26)24-15-17-16(18-11-12-19(17)29-18)9-6-4-5-7-10-22(27)28/h4,6,16-19H,2-3,5,7-15H2,1H3,(H,23,25)(H,24,26)(H,27,28)/b6-4-/t16-,17?,18+,19-/m1/s1. The van der Waals surface area contributed by atoms with Crippen molar-refractivity contribution in [3.8, 4) is 0 Å². The number of allylic oxidation sites excluding steroid dienone is 2. The molecule has 2 saturated heterocycles. The molecule has 0 aliphatic carbocycles. The van der Waals surface area contributed by atoms with Gasteiger partial charge < -0.3 is 20.5 Å². The maximum absolute atomic E-state index is 12.1. The highest BCUT2D eigenvalue weighted by Gasteiger charge is 2.47. The minimum absolute atomic E-state index is 0.123. The average molecular weight is 409 g/mol. The number of aliphatic carboxylic acids is 1. The van der Waals surface area contributed by atoms with Crippen molar-refractivity contribution in [3.05, 3.63) is 12.2 Å². The van der Waals surface area contributed by atoms with Crippen LogP contribution in [0.15, 0.2) is 12.2 Å². The molecule has 2 fully saturated rings. The third-order valence-corrected chi connectivity index (χ3v) is 5.89. The lowest BCUT2D eigenvalue weighted by Crippen LogP contribution is -2.39. The highest BCUT2D eigenvalue weighted by Crippen LogP contribution is 2.44. The number of unbranched alkanes of at least 4 members (excludes halogenated alkanes) is 3. The number of hydrogen-bond donors (Lipinski definition) is 3. The number of hydrogen-bond acceptors (Lipinski definition) is 4. The van der Waals surface area contributed by atoms with E-state index in [1.54, 1.807) is 0 Å². The number of carboxylic acids is 1. The van der Waals surface area contributed by atoms with E-state index in [-0.39, 0.29) is 42.8 Å². The Hall–Kier alpha value is -1.89. The molecule has 2 rings (SSSR count). The molecule has 2 bridgehead atoms. The van der Waals surface area contributed by atoms with Gasteiger partial charge in [-0.2, -0.15) is 0 Å². The minimum atomic E-state index is -0.759. The predicted octanol–water partition coefficient (Wildman–Crippen LogP) is 2.79. The second-order valence-corrected chi connectivity index (χ2v) is 8.15. The van der Waals surface area contributed by atoms with Gasteiger partial charge in [0, 0.05) is 25.4 Å². The van der Waals surface area contributed by atoms with Gasteiger partial charge >= 0.3 is 5.97 Å². The monoisotopic (exact) mass is 408 g/mol. The van der Waals surface area contributed by atoms with E-state index < -0.39 is 5.97 Å². The molecule has 0 aromatic rings. The Labute approximate surface area is 173 Å². The lowest BCUT2D eigenvalue weighted by atomic mass is 9.77. The highest BCUT2D eigenvalue weighted by atomic mass is 16.5. The Kier molecular flexibility index (Phi) is 10.2. The molecule has 2 aliphatic heterocycles. The molecule has 0 saturated carbocycles. The zero-order valence-corrected chi connectivity index (χ0v) is 17.5. The molecular formula is C22H36N2O5. The maximum Gasteiger partial charge on any atom is 0.303 e. The van der Waals surface area contributed by atoms with Gasteiger partial charge in [0.05, 0.1) is 12.2 Å². The van der Waals surface area contributed by atoms with Crippen LogP contribution in [-0.4, -0.2) is 48.2 Å². The third kappa shape index (κ3) is 8.17. The van der Waals surface area contributed by atoms with Crippen molar-refractivity contribution in [1.29, 1.82) is 0 Å². The third-order valence-electron chi connectivity index (χ3n) is 5.89. The van der Waals surface area contributed by atoms with Gasteiger partial charge in [-0.1, -0.05) is 31.9 Å². The molecular weight excluding hydrogens is 372 g/mol. The van der Waals surface area contributed by atoms with E-state index in [1.165, 1.54) is 0 Å². The molecule has 0 spiro atoms. The fourth-order valence-corrected chi connectivity index (χ4v) is 4.33. The van der Waals surface area contributed by atoms with Crippen molar-refractivity contribution in [3.63, 3.8) is 0 Å². The van der Waals surface area contributed by atoms with Crippen LogP contribution in [0.1, 0.15) is 71.1 Å². The average Bonchev–Trinajstić information content (AvgIpc) is 3.28. The Bertz CT molecular complexity index is 578. The molecule has 0 aromatic heterocycles. The summed E-state index contributed by atoms with van der Waals surface area (Å²) in [7, 11) is 0. The van der Waals surface area contributed by atoms with Crippen molar-refractivity contribution < 1.29 is 24.2 Å². The second-order valence-electron chi connectivity index (χ2n) is 8.15. The second kappa shape index (κ2) is 12.6. The Balaban J connectivity index is 1.69. The zero-order valence-electron chi connectivity index (χ0n) is 17.5. The summed E-state index contributed by atoms with van der Waals surface area (Å²) in [6, 6.07) is 0. The van der Waals surface area contributed by atoms with E-state index in [9.17, 15) is 14.4 Å². The number of carboxylic acid groups (broad SMARTS) is 1. The summed E-state index contributed by atoms with van der Waals surface area (Å²) in [5.41, 5.74) is 0. The van der Waals surface area contributed by atoms with Crippen LogP contribution >= 0.6 is 0 Å². The fourth-order valence-electron chi connectivity index (χ4n) is 4.33. The van der Waals surface area contributed by atoms with Gasteiger partial charge in [0.15, 0.2) is 0 Å². The van der Waals surface area contributed by atoms with Crippen LogP contribution in [0.5, 0.6) is 0 Å². The zero-order chi connectivity index (χ0) is 21.1. The van der Waals surface area contributed by atoms with Gasteiger partial charge in [-0.25, -0.2) is 0 Å². The first-order valence-electron chi connectivity index (χ1n) is 11.1. The van der Waals surface area contributed by atoms with Crippen molar-refractivity contribution in [1.82, 2.24) is 10.6 Å². The normalized spacial score (nSPS) is 25.4. The summed E-state index contributed by atoms with van der Waals surface area (Å²) >= 11 is 0. The summed E-state index contributed by atoms with van der Waals surface area (Å²) in [5, 5.41) is 14.4. The number of amides is 2. The molecule has 1 unspecified atom stereocenters. The molecule has 164 valence electrons. The van der Waals surface area contributed by atoms with Gasteiger partial charge in [0.25, 0.3) is 0 Å². The number of rotatable bonds is 14. The first kappa shape index (κ1) is 23.4. The molecule has 7 nitrogen and oxygen atoms in total. The largest absolute Gasteiger partial charge is 0.481 e. The van der Waals surface area contributed by atoms with Crippen molar-refractivity contribution in [2.24, 2.45) is 11.8 Å². The highest BCUT2D eigenvalue weighted by molar-refractivity contribution is 5.96. The van der Waals surface area contributed by atoms with E-state index in [0.29, 0.717) is 25.4 Å². The van der Waals surface area contributed by atoms with Gasteiger partial charge in [-0.15, -0.1) is 0 Å². The van der Waals surface area contributed by atoms with Crippen LogP contribution < -0.4 is 10.6 Å². The molecule has 4 atom stereocenters. The van der Waals surface area contributed by atoms with Gasteiger partial charge in [-0.05, 0) is 44.4 Å². The molecule has 2 aliphatic rings. The fraction of sp³-hybridized carbons (Fsp3) is 0.773. The smallest absolute Gasteiger partial charge is 0.303 e. The van der Waals surface area contributed by atoms with Gasteiger partial charge in [-0.3, -0.25) is 14.4 Å². The van der Waals surface area contributed by atoms with Crippen LogP contribution in [0.2, 0.25) is 0 Å². The SMILES string of the molecule is CCCCCNC(=O)CC(=O)NCC1[C@@H](C/C=C\CCCC(=O)O)[C@@H]2CC[C@H]1O2. The number of nitrogens with one attached hydrogen (secondary N) is 2. The molecule has 2 amide bonds. The number of carbonyl (C=O) groups excluding carboxylic acids is 2. The quantitative estimate of drug-likeness (QED) is 0.233. The van der Waals surface area contributed by atoms with E-state index in [2.05, 4.69) is 23.6 Å². The summed E-state index contributed by atoms with van der Waals surface area (Å²) in [5.74, 6) is -0.570. The van der Waals surface area contributed by atoms with Crippen LogP contribution in [0.25, 0.3) is 0 Å². The molecule has 3 N–H and O–H groups in total. The molecule has 7 heteroatoms. The maximum atomic E-state index is 12.1. The Morgan fingerprint density at radius 2 is 1.72 bits per heavy atom. The van der Waals surface area contributed by atoms with Crippen molar-refractivity contribution in [2.75, 3.05) is 13.1 Å². The first-order valence-corrected chi connectivity index (χ1v) is 11.1. The molecule has 0 radical (unpaired) electrons. The van der Waals surface area contributed by atoms with E-state index in [4.69, 9.17) is 9.84 Å². The van der Waals surface area contributed by atoms with E-state index >= 15 is 0 Å². The lowest BCUT2D eigenvalue weighted by molar-refractivity contribution is -0.137. The minimum Gasteiger partial charge on any atom is -0.481 e. The predicted molar refractivity (Wildman–Crippen MR) is 110 cm³/mol. The Morgan fingerprint density at radius 1 is 1.00 bits per heavy atom. The molecule has 2 heterocycles. The van der Waals surface area contributed by atoms with Gasteiger partial charge in [0.2, 0.25) is 11.8 Å². The number of carbonyl (C=O) groups is 3. The van der Waals surface area contributed by atoms with Crippen LogP contribution in [0, 0.1) is 11.8 Å². The summed E-state index contributed by atoms with van der Waals surface area (Å²) in [6.45, 7) is 3.28. The Morgan fingerprint density at radius 3 is 2.45 bits per heavy atom. The van der Waals surface area contributed by atoms with Crippen molar-refractivity contribution >= 4 is 17.8 Å². The van der Waals surface area contributed by atoms with E-state index in [0.717, 1.165) is 44.9 Å². The summed E-state index contributed by atoms with van der Waals surface area (Å²) < 4.78 is 6.05. The topological polar surface area (TPSA) is 105 Å². The van der Waals surface area contributed by atoms with E-state index in [1.807, 2.05) is 6.08 Å². The van der Waals surface area contributed by atoms with Gasteiger partial charge in [0.1, 0.15) is 6.42 Å². The van der Waals surface area contributed by atoms with Crippen LogP contribution in [0.3, 0.4) is 0 Å². The van der Waals surface area contributed by atoms with Crippen LogP contribution in [0.4, 0.5) is 0 Å². The molecule has 0 aromatic carbocycles. The molecule has 29 heavy (non-hydrogen) atoms. The number of ether oxygens (including phenoxy) is 1. The lowest BCUT2D eigenvalue weighted by Gasteiger charge is -2.27. The summed E-state index contributed by atoms with van der Waals surface area (Å²) in [6.07, 6.45) is 12.2. The first-order chi connectivity index (χ1) is 14.0. The van der Waals surface area contributed by atoms with Crippen molar-refractivity contribution in [2.45, 2.75) is 83.3 Å². The van der Waals surface area contributed by atoms with Crippen LogP contribution in [-0.2, 0) is 19.1 Å².